The van der Waals surface area contributed by atoms with Crippen molar-refractivity contribution in [2.45, 2.75) is 12.1 Å². The lowest BCUT2D eigenvalue weighted by Gasteiger charge is -2.11. The van der Waals surface area contributed by atoms with Crippen molar-refractivity contribution in [2.75, 3.05) is 5.73 Å². The highest BCUT2D eigenvalue weighted by atomic mass is 19.1. The molecule has 0 amide bonds. The highest BCUT2D eigenvalue weighted by molar-refractivity contribution is 5.43. The molecule has 0 bridgehead atoms. The van der Waals surface area contributed by atoms with Gasteiger partial charge in [-0.2, -0.15) is 4.98 Å². The van der Waals surface area contributed by atoms with Gasteiger partial charge in [-0.15, -0.1) is 0 Å². The maximum absolute atomic E-state index is 13.4. The third kappa shape index (κ3) is 2.08. The summed E-state index contributed by atoms with van der Waals surface area (Å²) in [5.41, 5.74) is 4.97. The van der Waals surface area contributed by atoms with Gasteiger partial charge >= 0.3 is 6.23 Å². The van der Waals surface area contributed by atoms with E-state index in [1.54, 1.807) is 0 Å². The topological polar surface area (TPSA) is 124 Å². The molecule has 108 valence electrons. The van der Waals surface area contributed by atoms with E-state index in [1.807, 2.05) is 0 Å². The Morgan fingerprint density at radius 1 is 1.48 bits per heavy atom. The van der Waals surface area contributed by atoms with Gasteiger partial charge < -0.3 is 10.5 Å². The van der Waals surface area contributed by atoms with E-state index in [0.29, 0.717) is 0 Å². The van der Waals surface area contributed by atoms with Crippen LogP contribution in [0.3, 0.4) is 0 Å². The SMILES string of the molecule is Nc1nc2c(c(=O)[nH]1)[C@@H](c1cccc(F)c1)[C@H]([N+](=O)[O-])O2. The van der Waals surface area contributed by atoms with Gasteiger partial charge in [0, 0.05) is 0 Å². The van der Waals surface area contributed by atoms with Gasteiger partial charge in [-0.05, 0) is 17.7 Å². The Bertz CT molecular complexity index is 791. The van der Waals surface area contributed by atoms with Crippen LogP contribution in [0.25, 0.3) is 0 Å². The molecule has 1 aliphatic rings. The summed E-state index contributed by atoms with van der Waals surface area (Å²) >= 11 is 0. The number of benzene rings is 1. The fraction of sp³-hybridized carbons (Fsp3) is 0.167. The second-order valence-electron chi connectivity index (χ2n) is 4.50. The van der Waals surface area contributed by atoms with Crippen molar-refractivity contribution in [1.29, 1.82) is 0 Å². The number of ether oxygens (including phenoxy) is 1. The van der Waals surface area contributed by atoms with Gasteiger partial charge in [0.1, 0.15) is 11.7 Å². The number of nitrogens with one attached hydrogen (secondary N) is 1. The molecule has 0 unspecified atom stereocenters. The molecule has 2 atom stereocenters. The molecular formula is C12H9FN4O4. The van der Waals surface area contributed by atoms with Crippen LogP contribution in [-0.2, 0) is 0 Å². The van der Waals surface area contributed by atoms with Crippen LogP contribution in [0, 0.1) is 15.9 Å². The molecule has 3 rings (SSSR count). The fourth-order valence-corrected chi connectivity index (χ4v) is 2.36. The predicted molar refractivity (Wildman–Crippen MR) is 68.9 cm³/mol. The van der Waals surface area contributed by atoms with Crippen LogP contribution in [0.1, 0.15) is 17.0 Å². The number of nitrogen functional groups attached to an aromatic ring is 1. The first-order valence-corrected chi connectivity index (χ1v) is 5.92. The van der Waals surface area contributed by atoms with E-state index in [0.717, 1.165) is 6.07 Å². The van der Waals surface area contributed by atoms with E-state index in [2.05, 4.69) is 9.97 Å². The van der Waals surface area contributed by atoms with E-state index in [-0.39, 0.29) is 23.0 Å². The zero-order valence-corrected chi connectivity index (χ0v) is 10.4. The first-order valence-electron chi connectivity index (χ1n) is 5.92. The number of fused-ring (bicyclic) bond motifs is 1. The van der Waals surface area contributed by atoms with Gasteiger partial charge in [0.25, 0.3) is 5.56 Å². The zero-order chi connectivity index (χ0) is 15.1. The lowest BCUT2D eigenvalue weighted by Crippen LogP contribution is -2.30. The van der Waals surface area contributed by atoms with Crippen LogP contribution in [-0.4, -0.2) is 21.1 Å². The van der Waals surface area contributed by atoms with Gasteiger partial charge in [-0.25, -0.2) is 4.39 Å². The van der Waals surface area contributed by atoms with Crippen molar-refractivity contribution in [2.24, 2.45) is 0 Å². The van der Waals surface area contributed by atoms with Crippen molar-refractivity contribution in [1.82, 2.24) is 9.97 Å². The van der Waals surface area contributed by atoms with E-state index in [9.17, 15) is 19.3 Å². The number of nitrogens with two attached hydrogens (primary N) is 1. The average molecular weight is 292 g/mol. The van der Waals surface area contributed by atoms with Crippen LogP contribution >= 0.6 is 0 Å². The fourth-order valence-electron chi connectivity index (χ4n) is 2.36. The number of aromatic nitrogens is 2. The third-order valence-corrected chi connectivity index (χ3v) is 3.18. The molecular weight excluding hydrogens is 283 g/mol. The second-order valence-corrected chi connectivity index (χ2v) is 4.50. The number of aromatic amines is 1. The molecule has 3 N–H and O–H groups in total. The number of H-pyrrole nitrogens is 1. The van der Waals surface area contributed by atoms with Crippen LogP contribution in [0.4, 0.5) is 10.3 Å². The van der Waals surface area contributed by atoms with E-state index in [4.69, 9.17) is 10.5 Å². The average Bonchev–Trinajstić information content (AvgIpc) is 2.78. The normalized spacial score (nSPS) is 19.9. The van der Waals surface area contributed by atoms with E-state index >= 15 is 0 Å². The molecule has 0 saturated carbocycles. The molecule has 0 radical (unpaired) electrons. The quantitative estimate of drug-likeness (QED) is 0.617. The number of halogens is 1. The molecule has 1 aromatic heterocycles. The summed E-state index contributed by atoms with van der Waals surface area (Å²) in [7, 11) is 0. The van der Waals surface area contributed by atoms with Gasteiger partial charge in [0.2, 0.25) is 11.8 Å². The Balaban J connectivity index is 2.22. The number of nitro groups is 1. The lowest BCUT2D eigenvalue weighted by atomic mass is 9.93. The van der Waals surface area contributed by atoms with Gasteiger partial charge in [-0.1, -0.05) is 12.1 Å². The Morgan fingerprint density at radius 3 is 2.90 bits per heavy atom. The Kier molecular flexibility index (Phi) is 2.82. The summed E-state index contributed by atoms with van der Waals surface area (Å²) < 4.78 is 18.5. The molecule has 0 fully saturated rings. The number of hydrogen-bond acceptors (Lipinski definition) is 6. The molecule has 9 heteroatoms. The maximum Gasteiger partial charge on any atom is 0.366 e. The number of anilines is 1. The van der Waals surface area contributed by atoms with E-state index < -0.39 is 28.4 Å². The van der Waals surface area contributed by atoms with Crippen molar-refractivity contribution in [3.63, 3.8) is 0 Å². The van der Waals surface area contributed by atoms with Crippen LogP contribution in [0.5, 0.6) is 5.88 Å². The second kappa shape index (κ2) is 4.54. The standard InChI is InChI=1S/C12H9FN4O4/c13-6-3-1-2-5(4-6)7-8-9(18)15-12(14)16-10(8)21-11(7)17(19)20/h1-4,7,11H,(H3,14,15,16,18)/t7-,11-/m1/s1. The molecule has 0 saturated heterocycles. The minimum absolute atomic E-state index is 0.0310. The van der Waals surface area contributed by atoms with Crippen LogP contribution in [0.15, 0.2) is 29.1 Å². The highest BCUT2D eigenvalue weighted by Crippen LogP contribution is 2.39. The van der Waals surface area contributed by atoms with Crippen LogP contribution in [0.2, 0.25) is 0 Å². The maximum atomic E-state index is 13.4. The first kappa shape index (κ1) is 13.0. The van der Waals surface area contributed by atoms with Gasteiger partial charge in [-0.3, -0.25) is 19.9 Å². The number of rotatable bonds is 2. The molecule has 1 aromatic carbocycles. The summed E-state index contributed by atoms with van der Waals surface area (Å²) in [5, 5.41) is 11.2. The van der Waals surface area contributed by atoms with Crippen molar-refractivity contribution in [3.05, 3.63) is 61.7 Å². The summed E-state index contributed by atoms with van der Waals surface area (Å²) in [6.45, 7) is 0. The molecule has 2 heterocycles. The van der Waals surface area contributed by atoms with Crippen molar-refractivity contribution in [3.8, 4) is 5.88 Å². The molecule has 21 heavy (non-hydrogen) atoms. The summed E-state index contributed by atoms with van der Waals surface area (Å²) in [6, 6.07) is 5.21. The van der Waals surface area contributed by atoms with Gasteiger partial charge in [0.15, 0.2) is 0 Å². The van der Waals surface area contributed by atoms with Crippen molar-refractivity contribution < 1.29 is 14.1 Å². The Morgan fingerprint density at radius 2 is 2.24 bits per heavy atom. The smallest absolute Gasteiger partial charge is 0.366 e. The van der Waals surface area contributed by atoms with Crippen molar-refractivity contribution >= 4 is 5.95 Å². The molecule has 8 nitrogen and oxygen atoms in total. The van der Waals surface area contributed by atoms with Crippen LogP contribution < -0.4 is 16.0 Å². The summed E-state index contributed by atoms with van der Waals surface area (Å²) in [6.07, 6.45) is -1.56. The zero-order valence-electron chi connectivity index (χ0n) is 10.4. The molecule has 0 spiro atoms. The summed E-state index contributed by atoms with van der Waals surface area (Å²) in [4.78, 5) is 28.5. The monoisotopic (exact) mass is 292 g/mol. The highest BCUT2D eigenvalue weighted by Gasteiger charge is 2.47. The number of hydrogen-bond donors (Lipinski definition) is 2. The molecule has 2 aromatic rings. The third-order valence-electron chi connectivity index (χ3n) is 3.18. The van der Waals surface area contributed by atoms with Gasteiger partial charge in [0.05, 0.1) is 10.5 Å². The first-order chi connectivity index (χ1) is 9.97. The Hall–Kier alpha value is -2.97. The lowest BCUT2D eigenvalue weighted by molar-refractivity contribution is -0.562. The number of nitrogens with zero attached hydrogens (tertiary/aromatic N) is 2. The minimum atomic E-state index is -1.56. The summed E-state index contributed by atoms with van der Waals surface area (Å²) in [5.74, 6) is -2.03. The Labute approximate surface area is 116 Å². The minimum Gasteiger partial charge on any atom is -0.411 e. The largest absolute Gasteiger partial charge is 0.411 e. The van der Waals surface area contributed by atoms with E-state index in [1.165, 1.54) is 18.2 Å². The predicted octanol–water partition coefficient (Wildman–Crippen LogP) is 0.618. The molecule has 0 aliphatic carbocycles. The molecule has 1 aliphatic heterocycles.